The Hall–Kier alpha value is -1.54. The number of hydrogen-bond donors (Lipinski definition) is 0. The average Bonchev–Trinajstić information content (AvgIpc) is 2.52. The lowest BCUT2D eigenvalue weighted by Crippen LogP contribution is -1.87. The highest BCUT2D eigenvalue weighted by Gasteiger charge is 2.02. The fourth-order valence-corrected chi connectivity index (χ4v) is 2.77. The summed E-state index contributed by atoms with van der Waals surface area (Å²) in [6.45, 7) is 15.9. The number of aliphatic imine (C=N–C) groups is 1. The van der Waals surface area contributed by atoms with Gasteiger partial charge in [0.15, 0.2) is 0 Å². The minimum atomic E-state index is 0.960. The van der Waals surface area contributed by atoms with Gasteiger partial charge in [-0.1, -0.05) is 75.3 Å². The minimum Gasteiger partial charge on any atom is -0.263 e. The molecule has 0 radical (unpaired) electrons. The second-order valence-electron chi connectivity index (χ2n) is 4.92. The summed E-state index contributed by atoms with van der Waals surface area (Å²) in [6.07, 6.45) is 8.39. The molecule has 22 heavy (non-hydrogen) atoms. The molecular weight excluding hydrogens is 286 g/mol. The molecule has 0 aliphatic carbocycles. The van der Waals surface area contributed by atoms with Crippen LogP contribution in [0.2, 0.25) is 0 Å². The van der Waals surface area contributed by atoms with Gasteiger partial charge in [-0.25, -0.2) is 0 Å². The van der Waals surface area contributed by atoms with Crippen molar-refractivity contribution in [2.75, 3.05) is 5.75 Å². The van der Waals surface area contributed by atoms with Gasteiger partial charge < -0.3 is 0 Å². The van der Waals surface area contributed by atoms with E-state index in [0.29, 0.717) is 0 Å². The number of nitrogens with zero attached hydrogens (tertiary/aromatic N) is 1. The Morgan fingerprint density at radius 3 is 2.41 bits per heavy atom. The van der Waals surface area contributed by atoms with Crippen molar-refractivity contribution in [2.24, 2.45) is 4.99 Å². The number of para-hydroxylation sites is 1. The predicted molar refractivity (Wildman–Crippen MR) is 105 cm³/mol. The van der Waals surface area contributed by atoms with Crippen LogP contribution in [0.3, 0.4) is 0 Å². The number of allylic oxidation sites excluding steroid dienone is 4. The second kappa shape index (κ2) is 13.1. The molecule has 0 atom stereocenters. The monoisotopic (exact) mass is 315 g/mol. The molecule has 0 aromatic heterocycles. The molecule has 0 spiro atoms. The van der Waals surface area contributed by atoms with E-state index < -0.39 is 0 Å². The smallest absolute Gasteiger partial charge is 0.0758 e. The molecule has 0 bridgehead atoms. The maximum Gasteiger partial charge on any atom is 0.0758 e. The normalized spacial score (nSPS) is 11.5. The maximum absolute atomic E-state index is 4.05. The van der Waals surface area contributed by atoms with E-state index in [1.165, 1.54) is 22.5 Å². The van der Waals surface area contributed by atoms with Crippen molar-refractivity contribution < 1.29 is 0 Å². The molecule has 0 fully saturated rings. The number of rotatable bonds is 7. The van der Waals surface area contributed by atoms with Gasteiger partial charge >= 0.3 is 0 Å². The third-order valence-corrected chi connectivity index (χ3v) is 3.89. The van der Waals surface area contributed by atoms with Crippen molar-refractivity contribution in [3.05, 3.63) is 60.2 Å². The number of hydrogen-bond acceptors (Lipinski definition) is 2. The van der Waals surface area contributed by atoms with Gasteiger partial charge in [-0.2, -0.15) is 0 Å². The summed E-state index contributed by atoms with van der Waals surface area (Å²) < 4.78 is 0. The Morgan fingerprint density at radius 2 is 1.86 bits per heavy atom. The summed E-state index contributed by atoms with van der Waals surface area (Å²) in [4.78, 5) is 5.23. The lowest BCUT2D eigenvalue weighted by atomic mass is 10.1. The first-order valence-electron chi connectivity index (χ1n) is 7.80. The van der Waals surface area contributed by atoms with E-state index >= 15 is 0 Å². The first-order chi connectivity index (χ1) is 10.6. The SMILES string of the molecule is C=C/C=C(C)/C=C(\CC)CSc1ccccc1N=C.CCC. The lowest BCUT2D eigenvalue weighted by Gasteiger charge is -2.07. The largest absolute Gasteiger partial charge is 0.263 e. The van der Waals surface area contributed by atoms with Gasteiger partial charge in [0.2, 0.25) is 0 Å². The molecule has 0 unspecified atom stereocenters. The van der Waals surface area contributed by atoms with Crippen LogP contribution < -0.4 is 0 Å². The van der Waals surface area contributed by atoms with Crippen molar-refractivity contribution in [1.82, 2.24) is 0 Å². The van der Waals surface area contributed by atoms with E-state index in [2.05, 4.69) is 58.1 Å². The van der Waals surface area contributed by atoms with Gasteiger partial charge in [0.05, 0.1) is 5.69 Å². The van der Waals surface area contributed by atoms with Crippen molar-refractivity contribution >= 4 is 24.2 Å². The summed E-state index contributed by atoms with van der Waals surface area (Å²) in [5, 5.41) is 0. The van der Waals surface area contributed by atoms with Crippen molar-refractivity contribution in [1.29, 1.82) is 0 Å². The van der Waals surface area contributed by atoms with Gasteiger partial charge in [0, 0.05) is 10.6 Å². The van der Waals surface area contributed by atoms with Crippen molar-refractivity contribution in [3.8, 4) is 0 Å². The molecule has 120 valence electrons. The Labute approximate surface area is 140 Å². The highest BCUT2D eigenvalue weighted by Crippen LogP contribution is 2.30. The van der Waals surface area contributed by atoms with Crippen LogP contribution in [-0.4, -0.2) is 12.5 Å². The first kappa shape index (κ1) is 20.5. The summed E-state index contributed by atoms with van der Waals surface area (Å²) in [7, 11) is 0. The molecule has 0 N–H and O–H groups in total. The fraction of sp³-hybridized carbons (Fsp3) is 0.350. The highest BCUT2D eigenvalue weighted by atomic mass is 32.2. The van der Waals surface area contributed by atoms with Gasteiger partial charge in [0.25, 0.3) is 0 Å². The lowest BCUT2D eigenvalue weighted by molar-refractivity contribution is 1.09. The van der Waals surface area contributed by atoms with Crippen LogP contribution >= 0.6 is 11.8 Å². The fourth-order valence-electron chi connectivity index (χ4n) is 1.68. The molecule has 0 aliphatic rings. The highest BCUT2D eigenvalue weighted by molar-refractivity contribution is 7.99. The van der Waals surface area contributed by atoms with Crippen LogP contribution in [0.5, 0.6) is 0 Å². The minimum absolute atomic E-state index is 0.960. The number of benzene rings is 1. The predicted octanol–water partition coefficient (Wildman–Crippen LogP) is 7.00. The zero-order chi connectivity index (χ0) is 16.8. The van der Waals surface area contributed by atoms with E-state index in [0.717, 1.165) is 17.9 Å². The molecule has 0 aliphatic heterocycles. The van der Waals surface area contributed by atoms with Gasteiger partial charge in [-0.05, 0) is 32.2 Å². The van der Waals surface area contributed by atoms with Gasteiger partial charge in [-0.15, -0.1) is 11.8 Å². The van der Waals surface area contributed by atoms with Crippen molar-refractivity contribution in [3.63, 3.8) is 0 Å². The molecule has 0 amide bonds. The number of thioether (sulfide) groups is 1. The van der Waals surface area contributed by atoms with Gasteiger partial charge in [-0.3, -0.25) is 4.99 Å². The second-order valence-corrected chi connectivity index (χ2v) is 5.94. The third-order valence-electron chi connectivity index (χ3n) is 2.72. The van der Waals surface area contributed by atoms with Crippen LogP contribution in [0, 0.1) is 0 Å². The van der Waals surface area contributed by atoms with E-state index in [4.69, 9.17) is 0 Å². The zero-order valence-electron chi connectivity index (χ0n) is 14.4. The van der Waals surface area contributed by atoms with E-state index in [1.807, 2.05) is 42.1 Å². The van der Waals surface area contributed by atoms with Crippen LogP contribution in [0.25, 0.3) is 0 Å². The average molecular weight is 316 g/mol. The van der Waals surface area contributed by atoms with E-state index in [1.54, 1.807) is 0 Å². The molecular formula is C20H29NS. The van der Waals surface area contributed by atoms with Crippen LogP contribution in [0.4, 0.5) is 5.69 Å². The molecule has 0 heterocycles. The molecule has 1 aromatic carbocycles. The Balaban J connectivity index is 0.00000135. The molecule has 1 rings (SSSR count). The zero-order valence-corrected chi connectivity index (χ0v) is 15.2. The molecule has 1 nitrogen and oxygen atoms in total. The molecule has 2 heteroatoms. The molecule has 1 aromatic rings. The Morgan fingerprint density at radius 1 is 1.23 bits per heavy atom. The quantitative estimate of drug-likeness (QED) is 0.300. The van der Waals surface area contributed by atoms with Crippen LogP contribution in [0.1, 0.15) is 40.5 Å². The summed E-state index contributed by atoms with van der Waals surface area (Å²) >= 11 is 1.81. The van der Waals surface area contributed by atoms with Crippen molar-refractivity contribution in [2.45, 2.75) is 45.4 Å². The Kier molecular flexibility index (Phi) is 12.2. The first-order valence-corrected chi connectivity index (χ1v) is 8.78. The van der Waals surface area contributed by atoms with E-state index in [9.17, 15) is 0 Å². The van der Waals surface area contributed by atoms with Crippen LogP contribution in [0.15, 0.2) is 70.1 Å². The van der Waals surface area contributed by atoms with Gasteiger partial charge in [0.1, 0.15) is 0 Å². The van der Waals surface area contributed by atoms with E-state index in [-0.39, 0.29) is 0 Å². The Bertz CT molecular complexity index is 512. The molecule has 0 saturated carbocycles. The third kappa shape index (κ3) is 8.68. The molecule has 0 saturated heterocycles. The maximum atomic E-state index is 4.05. The summed E-state index contributed by atoms with van der Waals surface area (Å²) in [5.74, 6) is 0.978. The summed E-state index contributed by atoms with van der Waals surface area (Å²) in [6, 6.07) is 8.11. The standard InChI is InChI=1S/C17H21NS.C3H8/c1-5-9-14(3)12-15(6-2)13-19-17-11-8-7-10-16(17)18-4;1-3-2/h5,7-12H,1,4,6,13H2,2-3H3;3H2,1-2H3/b14-9+,15-12+;. The summed E-state index contributed by atoms with van der Waals surface area (Å²) in [5.41, 5.74) is 3.61. The topological polar surface area (TPSA) is 12.4 Å². The van der Waals surface area contributed by atoms with Crippen LogP contribution in [-0.2, 0) is 0 Å².